The van der Waals surface area contributed by atoms with E-state index in [9.17, 15) is 9.00 Å². The zero-order chi connectivity index (χ0) is 9.14. The van der Waals surface area contributed by atoms with Gasteiger partial charge in [0.2, 0.25) is 0 Å². The second-order valence-corrected chi connectivity index (χ2v) is 3.05. The summed E-state index contributed by atoms with van der Waals surface area (Å²) in [7, 11) is 0. The van der Waals surface area contributed by atoms with E-state index in [2.05, 4.69) is 0 Å². The minimum atomic E-state index is -2.12. The van der Waals surface area contributed by atoms with Crippen LogP contribution in [-0.2, 0) is 11.1 Å². The number of rotatable bonds is 2. The summed E-state index contributed by atoms with van der Waals surface area (Å²) >= 11 is -2.12. The van der Waals surface area contributed by atoms with E-state index in [1.807, 2.05) is 0 Å². The van der Waals surface area contributed by atoms with Crippen molar-refractivity contribution in [3.63, 3.8) is 0 Å². The van der Waals surface area contributed by atoms with E-state index in [0.29, 0.717) is 0 Å². The first kappa shape index (κ1) is 8.89. The molecule has 0 radical (unpaired) electrons. The quantitative estimate of drug-likeness (QED) is 0.675. The molecule has 0 spiro atoms. The molecule has 5 heteroatoms. The highest BCUT2D eigenvalue weighted by atomic mass is 32.2. The Morgan fingerprint density at radius 2 is 2.08 bits per heavy atom. The zero-order valence-corrected chi connectivity index (χ0v) is 6.75. The summed E-state index contributed by atoms with van der Waals surface area (Å²) in [6, 6.07) is 5.34. The van der Waals surface area contributed by atoms with Gasteiger partial charge in [-0.2, -0.15) is 0 Å². The van der Waals surface area contributed by atoms with Crippen LogP contribution in [0.25, 0.3) is 0 Å². The monoisotopic (exact) mass is 186 g/mol. The van der Waals surface area contributed by atoms with Gasteiger partial charge >= 0.3 is 5.97 Å². The molecule has 1 aromatic carbocycles. The lowest BCUT2D eigenvalue weighted by Crippen LogP contribution is -1.97. The lowest BCUT2D eigenvalue weighted by molar-refractivity contribution is 0.0696. The van der Waals surface area contributed by atoms with Crippen LogP contribution < -0.4 is 0 Å². The van der Waals surface area contributed by atoms with Crippen LogP contribution in [0.4, 0.5) is 0 Å². The highest BCUT2D eigenvalue weighted by Crippen LogP contribution is 2.07. The van der Waals surface area contributed by atoms with Crippen molar-refractivity contribution in [2.24, 2.45) is 0 Å². The Kier molecular flexibility index (Phi) is 2.57. The number of carbonyl (C=O) groups is 1. The maximum absolute atomic E-state index is 10.5. The summed E-state index contributed by atoms with van der Waals surface area (Å²) in [6.45, 7) is 0. The molecule has 1 unspecified atom stereocenters. The van der Waals surface area contributed by atoms with E-state index in [1.54, 1.807) is 0 Å². The molecule has 2 N–H and O–H groups in total. The van der Waals surface area contributed by atoms with Crippen LogP contribution in [0.5, 0.6) is 0 Å². The van der Waals surface area contributed by atoms with Crippen LogP contribution in [0.1, 0.15) is 10.4 Å². The van der Waals surface area contributed by atoms with Gasteiger partial charge in [0.15, 0.2) is 11.1 Å². The average Bonchev–Trinajstić information content (AvgIpc) is 2.04. The predicted octanol–water partition coefficient (Wildman–Crippen LogP) is 0.965. The Hall–Kier alpha value is -1.20. The van der Waals surface area contributed by atoms with Crippen molar-refractivity contribution in [1.82, 2.24) is 0 Å². The van der Waals surface area contributed by atoms with Gasteiger partial charge in [-0.15, -0.1) is 0 Å². The maximum atomic E-state index is 10.5. The van der Waals surface area contributed by atoms with Gasteiger partial charge in [-0.25, -0.2) is 9.00 Å². The van der Waals surface area contributed by atoms with E-state index in [-0.39, 0.29) is 10.5 Å². The molecule has 1 atom stereocenters. The maximum Gasteiger partial charge on any atom is 0.335 e. The van der Waals surface area contributed by atoms with Gasteiger partial charge in [0.25, 0.3) is 0 Å². The lowest BCUT2D eigenvalue weighted by atomic mass is 10.2. The van der Waals surface area contributed by atoms with Crippen LogP contribution in [-0.4, -0.2) is 19.8 Å². The van der Waals surface area contributed by atoms with Crippen molar-refractivity contribution in [1.29, 1.82) is 0 Å². The molecular formula is C7H6O4S. The van der Waals surface area contributed by atoms with E-state index < -0.39 is 17.0 Å². The van der Waals surface area contributed by atoms with Crippen molar-refractivity contribution in [2.45, 2.75) is 4.90 Å². The second-order valence-electron chi connectivity index (χ2n) is 2.08. The predicted molar refractivity (Wildman–Crippen MR) is 42.4 cm³/mol. The van der Waals surface area contributed by atoms with Crippen LogP contribution in [0, 0.1) is 0 Å². The van der Waals surface area contributed by atoms with Gasteiger partial charge in [-0.3, -0.25) is 0 Å². The molecular weight excluding hydrogens is 180 g/mol. The summed E-state index contributed by atoms with van der Waals surface area (Å²) in [4.78, 5) is 10.5. The van der Waals surface area contributed by atoms with Gasteiger partial charge in [-0.1, -0.05) is 6.07 Å². The van der Waals surface area contributed by atoms with Crippen molar-refractivity contribution >= 4 is 17.0 Å². The number of hydrogen-bond acceptors (Lipinski definition) is 2. The van der Waals surface area contributed by atoms with Gasteiger partial charge in [-0.05, 0) is 18.2 Å². The molecule has 0 saturated heterocycles. The molecule has 0 bridgehead atoms. The van der Waals surface area contributed by atoms with Crippen LogP contribution >= 0.6 is 0 Å². The normalized spacial score (nSPS) is 12.4. The van der Waals surface area contributed by atoms with Gasteiger partial charge in [0.1, 0.15) is 0 Å². The van der Waals surface area contributed by atoms with E-state index in [4.69, 9.17) is 9.66 Å². The third-order valence-electron chi connectivity index (χ3n) is 1.28. The number of hydrogen-bond donors (Lipinski definition) is 2. The van der Waals surface area contributed by atoms with Crippen molar-refractivity contribution in [3.05, 3.63) is 29.8 Å². The van der Waals surface area contributed by atoms with Crippen LogP contribution in [0.3, 0.4) is 0 Å². The molecule has 0 saturated carbocycles. The summed E-state index contributed by atoms with van der Waals surface area (Å²) in [5.74, 6) is -1.11. The molecule has 0 aromatic heterocycles. The minimum absolute atomic E-state index is 0.00917. The van der Waals surface area contributed by atoms with Crippen molar-refractivity contribution < 1.29 is 18.7 Å². The minimum Gasteiger partial charge on any atom is -0.478 e. The highest BCUT2D eigenvalue weighted by molar-refractivity contribution is 7.79. The highest BCUT2D eigenvalue weighted by Gasteiger charge is 2.05. The summed E-state index contributed by atoms with van der Waals surface area (Å²) < 4.78 is 19.1. The molecule has 1 aromatic rings. The average molecular weight is 186 g/mol. The SMILES string of the molecule is O=C(O)c1cccc(S(=O)O)c1. The van der Waals surface area contributed by atoms with Gasteiger partial charge < -0.3 is 9.66 Å². The Morgan fingerprint density at radius 1 is 1.42 bits per heavy atom. The molecule has 4 nitrogen and oxygen atoms in total. The fourth-order valence-electron chi connectivity index (χ4n) is 0.738. The fraction of sp³-hybridized carbons (Fsp3) is 0. The van der Waals surface area contributed by atoms with E-state index >= 15 is 0 Å². The first-order chi connectivity index (χ1) is 5.61. The number of benzene rings is 1. The number of aromatic carboxylic acids is 1. The Labute approximate surface area is 71.1 Å². The Bertz CT molecular complexity index is 305. The standard InChI is InChI=1S/C7H6O4S/c8-7(9)5-2-1-3-6(4-5)12(10)11/h1-4H,(H,8,9)(H,10,11). The lowest BCUT2D eigenvalue weighted by Gasteiger charge is -1.96. The number of carboxylic acid groups (broad SMARTS) is 1. The second kappa shape index (κ2) is 3.46. The molecule has 0 aliphatic rings. The van der Waals surface area contributed by atoms with Crippen molar-refractivity contribution in [2.75, 3.05) is 0 Å². The molecule has 1 rings (SSSR count). The van der Waals surface area contributed by atoms with Crippen molar-refractivity contribution in [3.8, 4) is 0 Å². The van der Waals surface area contributed by atoms with Gasteiger partial charge in [0, 0.05) is 0 Å². The summed E-state index contributed by atoms with van der Waals surface area (Å²) in [6.07, 6.45) is 0. The molecule has 0 fully saturated rings. The molecule has 0 heterocycles. The smallest absolute Gasteiger partial charge is 0.335 e. The summed E-state index contributed by atoms with van der Waals surface area (Å²) in [5.41, 5.74) is 0.00917. The van der Waals surface area contributed by atoms with Crippen LogP contribution in [0.2, 0.25) is 0 Å². The molecule has 64 valence electrons. The topological polar surface area (TPSA) is 74.6 Å². The molecule has 0 aliphatic carbocycles. The first-order valence-corrected chi connectivity index (χ1v) is 4.16. The fourth-order valence-corrected chi connectivity index (χ4v) is 1.16. The first-order valence-electron chi connectivity index (χ1n) is 3.05. The molecule has 0 amide bonds. The third-order valence-corrected chi connectivity index (χ3v) is 1.94. The number of carboxylic acids is 1. The Balaban J connectivity index is 3.12. The van der Waals surface area contributed by atoms with E-state index in [1.165, 1.54) is 24.3 Å². The third kappa shape index (κ3) is 1.90. The molecule has 12 heavy (non-hydrogen) atoms. The van der Waals surface area contributed by atoms with E-state index in [0.717, 1.165) is 0 Å². The summed E-state index contributed by atoms with van der Waals surface area (Å²) in [5, 5.41) is 8.51. The largest absolute Gasteiger partial charge is 0.478 e. The zero-order valence-electron chi connectivity index (χ0n) is 5.93. The Morgan fingerprint density at radius 3 is 2.58 bits per heavy atom. The molecule has 0 aliphatic heterocycles. The van der Waals surface area contributed by atoms with Crippen LogP contribution in [0.15, 0.2) is 29.2 Å². The van der Waals surface area contributed by atoms with Gasteiger partial charge in [0.05, 0.1) is 10.5 Å².